The Kier molecular flexibility index (Phi) is 3.90. The van der Waals surface area contributed by atoms with Crippen LogP contribution >= 0.6 is 0 Å². The van der Waals surface area contributed by atoms with E-state index in [1.807, 2.05) is 25.1 Å². The molecule has 4 heteroatoms. The van der Waals surface area contributed by atoms with Crippen LogP contribution in [0, 0.1) is 12.7 Å². The highest BCUT2D eigenvalue weighted by Crippen LogP contribution is 2.13. The summed E-state index contributed by atoms with van der Waals surface area (Å²) >= 11 is 0. The number of aryl methyl sites for hydroxylation is 1. The number of pyridine rings is 1. The molecule has 0 saturated heterocycles. The highest BCUT2D eigenvalue weighted by Gasteiger charge is 2.16. The first kappa shape index (κ1) is 13.2. The van der Waals surface area contributed by atoms with E-state index in [4.69, 9.17) is 0 Å². The number of halogens is 1. The third kappa shape index (κ3) is 3.16. The van der Waals surface area contributed by atoms with Crippen LogP contribution in [-0.4, -0.2) is 22.8 Å². The Morgan fingerprint density at radius 3 is 2.79 bits per heavy atom. The molecule has 1 amide bonds. The smallest absolute Gasteiger partial charge is 0.256 e. The van der Waals surface area contributed by atoms with Crippen molar-refractivity contribution in [3.05, 3.63) is 65.2 Å². The van der Waals surface area contributed by atoms with E-state index >= 15 is 0 Å². The Bertz CT molecular complexity index is 584. The van der Waals surface area contributed by atoms with Crippen LogP contribution in [-0.2, 0) is 6.54 Å². The standard InChI is InChI=1S/C15H15FN2O/c1-11-6-7-14(16)13(9-11)15(19)18(2)10-12-5-3-4-8-17-12/h3-9H,10H2,1-2H3. The molecule has 0 aliphatic carbocycles. The number of hydrogen-bond donors (Lipinski definition) is 0. The summed E-state index contributed by atoms with van der Waals surface area (Å²) in [5.74, 6) is -0.838. The summed E-state index contributed by atoms with van der Waals surface area (Å²) in [5.41, 5.74) is 1.72. The van der Waals surface area contributed by atoms with Crippen molar-refractivity contribution in [2.75, 3.05) is 7.05 Å². The first-order valence-electron chi connectivity index (χ1n) is 5.99. The van der Waals surface area contributed by atoms with E-state index in [-0.39, 0.29) is 11.5 Å². The normalized spacial score (nSPS) is 10.3. The minimum atomic E-state index is -0.497. The summed E-state index contributed by atoms with van der Waals surface area (Å²) in [4.78, 5) is 17.8. The lowest BCUT2D eigenvalue weighted by atomic mass is 10.1. The quantitative estimate of drug-likeness (QED) is 0.848. The van der Waals surface area contributed by atoms with Crippen molar-refractivity contribution in [2.24, 2.45) is 0 Å². The molecule has 1 aromatic carbocycles. The van der Waals surface area contributed by atoms with E-state index in [0.717, 1.165) is 11.3 Å². The van der Waals surface area contributed by atoms with E-state index in [1.165, 1.54) is 11.0 Å². The maximum absolute atomic E-state index is 13.7. The average molecular weight is 258 g/mol. The van der Waals surface area contributed by atoms with Crippen molar-refractivity contribution < 1.29 is 9.18 Å². The molecule has 0 radical (unpaired) electrons. The van der Waals surface area contributed by atoms with Crippen LogP contribution in [0.4, 0.5) is 4.39 Å². The van der Waals surface area contributed by atoms with Crippen LogP contribution in [0.5, 0.6) is 0 Å². The first-order valence-corrected chi connectivity index (χ1v) is 5.99. The van der Waals surface area contributed by atoms with Gasteiger partial charge in [0, 0.05) is 13.2 Å². The molecule has 0 bridgehead atoms. The second kappa shape index (κ2) is 5.61. The van der Waals surface area contributed by atoms with E-state index in [9.17, 15) is 9.18 Å². The van der Waals surface area contributed by atoms with Crippen molar-refractivity contribution in [1.82, 2.24) is 9.88 Å². The van der Waals surface area contributed by atoms with Gasteiger partial charge in [-0.3, -0.25) is 9.78 Å². The molecule has 3 nitrogen and oxygen atoms in total. The lowest BCUT2D eigenvalue weighted by molar-refractivity contribution is 0.0778. The van der Waals surface area contributed by atoms with Crippen LogP contribution in [0.25, 0.3) is 0 Å². The van der Waals surface area contributed by atoms with Crippen LogP contribution in [0.2, 0.25) is 0 Å². The lowest BCUT2D eigenvalue weighted by Crippen LogP contribution is -2.27. The topological polar surface area (TPSA) is 33.2 Å². The Morgan fingerprint density at radius 1 is 1.32 bits per heavy atom. The molecule has 2 aromatic rings. The average Bonchev–Trinajstić information content (AvgIpc) is 2.42. The lowest BCUT2D eigenvalue weighted by Gasteiger charge is -2.17. The molecular formula is C15H15FN2O. The van der Waals surface area contributed by atoms with Crippen molar-refractivity contribution >= 4 is 5.91 Å². The number of carbonyl (C=O) groups excluding carboxylic acids is 1. The molecule has 2 rings (SSSR count). The van der Waals surface area contributed by atoms with E-state index in [1.54, 1.807) is 25.4 Å². The van der Waals surface area contributed by atoms with Gasteiger partial charge in [-0.15, -0.1) is 0 Å². The summed E-state index contributed by atoms with van der Waals surface area (Å²) in [6.45, 7) is 2.18. The zero-order chi connectivity index (χ0) is 13.8. The fraction of sp³-hybridized carbons (Fsp3) is 0.200. The number of nitrogens with zero attached hydrogens (tertiary/aromatic N) is 2. The SMILES string of the molecule is Cc1ccc(F)c(C(=O)N(C)Cc2ccccn2)c1. The van der Waals surface area contributed by atoms with Crippen molar-refractivity contribution in [3.63, 3.8) is 0 Å². The molecule has 0 N–H and O–H groups in total. The van der Waals surface area contributed by atoms with Crippen molar-refractivity contribution in [2.45, 2.75) is 13.5 Å². The van der Waals surface area contributed by atoms with Gasteiger partial charge in [-0.05, 0) is 31.2 Å². The highest BCUT2D eigenvalue weighted by molar-refractivity contribution is 5.94. The number of benzene rings is 1. The monoisotopic (exact) mass is 258 g/mol. The zero-order valence-electron chi connectivity index (χ0n) is 10.9. The van der Waals surface area contributed by atoms with Gasteiger partial charge in [0.25, 0.3) is 5.91 Å². The molecular weight excluding hydrogens is 243 g/mol. The van der Waals surface area contributed by atoms with Gasteiger partial charge in [-0.1, -0.05) is 17.7 Å². The minimum Gasteiger partial charge on any atom is -0.336 e. The van der Waals surface area contributed by atoms with Gasteiger partial charge < -0.3 is 4.90 Å². The molecule has 0 unspecified atom stereocenters. The first-order chi connectivity index (χ1) is 9.08. The zero-order valence-corrected chi connectivity index (χ0v) is 10.9. The third-order valence-corrected chi connectivity index (χ3v) is 2.82. The van der Waals surface area contributed by atoms with Crippen LogP contribution in [0.3, 0.4) is 0 Å². The summed E-state index contributed by atoms with van der Waals surface area (Å²) < 4.78 is 13.7. The number of rotatable bonds is 3. The number of hydrogen-bond acceptors (Lipinski definition) is 2. The molecule has 0 spiro atoms. The van der Waals surface area contributed by atoms with Gasteiger partial charge in [0.1, 0.15) is 5.82 Å². The van der Waals surface area contributed by atoms with Crippen LogP contribution in [0.1, 0.15) is 21.6 Å². The fourth-order valence-corrected chi connectivity index (χ4v) is 1.82. The van der Waals surface area contributed by atoms with Gasteiger partial charge >= 0.3 is 0 Å². The summed E-state index contributed by atoms with van der Waals surface area (Å²) in [5, 5.41) is 0. The van der Waals surface area contributed by atoms with Gasteiger partial charge in [0.05, 0.1) is 17.8 Å². The number of aromatic nitrogens is 1. The Labute approximate surface area is 111 Å². The van der Waals surface area contributed by atoms with E-state index < -0.39 is 5.82 Å². The van der Waals surface area contributed by atoms with Gasteiger partial charge in [0.15, 0.2) is 0 Å². The molecule has 0 aliphatic rings. The molecule has 1 aromatic heterocycles. The summed E-state index contributed by atoms with van der Waals surface area (Å²) in [6, 6.07) is 10.0. The second-order valence-electron chi connectivity index (χ2n) is 4.47. The second-order valence-corrected chi connectivity index (χ2v) is 4.47. The van der Waals surface area contributed by atoms with E-state index in [2.05, 4.69) is 4.98 Å². The Hall–Kier alpha value is -2.23. The van der Waals surface area contributed by atoms with Gasteiger partial charge in [-0.25, -0.2) is 4.39 Å². The predicted molar refractivity (Wildman–Crippen MR) is 71.2 cm³/mol. The van der Waals surface area contributed by atoms with Gasteiger partial charge in [0.2, 0.25) is 0 Å². The maximum Gasteiger partial charge on any atom is 0.256 e. The van der Waals surface area contributed by atoms with Gasteiger partial charge in [-0.2, -0.15) is 0 Å². The molecule has 98 valence electrons. The summed E-state index contributed by atoms with van der Waals surface area (Å²) in [6.07, 6.45) is 1.67. The molecule has 0 fully saturated rings. The summed E-state index contributed by atoms with van der Waals surface area (Å²) in [7, 11) is 1.64. The molecule has 0 saturated carbocycles. The highest BCUT2D eigenvalue weighted by atomic mass is 19.1. The molecule has 0 atom stereocenters. The maximum atomic E-state index is 13.7. The Balaban J connectivity index is 2.17. The van der Waals surface area contributed by atoms with Crippen molar-refractivity contribution in [3.8, 4) is 0 Å². The Morgan fingerprint density at radius 2 is 2.11 bits per heavy atom. The van der Waals surface area contributed by atoms with Crippen molar-refractivity contribution in [1.29, 1.82) is 0 Å². The number of amides is 1. The molecule has 1 heterocycles. The molecule has 19 heavy (non-hydrogen) atoms. The number of carbonyl (C=O) groups is 1. The third-order valence-electron chi connectivity index (χ3n) is 2.82. The predicted octanol–water partition coefficient (Wildman–Crippen LogP) is 2.80. The fourth-order valence-electron chi connectivity index (χ4n) is 1.82. The van der Waals surface area contributed by atoms with E-state index in [0.29, 0.717) is 6.54 Å². The largest absolute Gasteiger partial charge is 0.336 e. The van der Waals surface area contributed by atoms with Crippen LogP contribution < -0.4 is 0 Å². The molecule has 0 aliphatic heterocycles. The minimum absolute atomic E-state index is 0.0958. The van der Waals surface area contributed by atoms with Crippen LogP contribution in [0.15, 0.2) is 42.6 Å².